The lowest BCUT2D eigenvalue weighted by Crippen LogP contribution is -2.45. The number of methoxy groups -OCH3 is 1. The van der Waals surface area contributed by atoms with Crippen LogP contribution >= 0.6 is 11.3 Å². The summed E-state index contributed by atoms with van der Waals surface area (Å²) in [7, 11) is 1.33. The predicted molar refractivity (Wildman–Crippen MR) is 88.9 cm³/mol. The number of benzene rings is 1. The summed E-state index contributed by atoms with van der Waals surface area (Å²) in [4.78, 5) is 24.8. The van der Waals surface area contributed by atoms with Crippen LogP contribution in [0.1, 0.15) is 17.8 Å². The van der Waals surface area contributed by atoms with Crippen molar-refractivity contribution in [1.29, 1.82) is 0 Å². The minimum atomic E-state index is -0.501. The molecule has 1 atom stereocenters. The van der Waals surface area contributed by atoms with Crippen molar-refractivity contribution in [2.45, 2.75) is 13.0 Å². The van der Waals surface area contributed by atoms with Crippen LogP contribution < -0.4 is 10.6 Å². The van der Waals surface area contributed by atoms with E-state index in [9.17, 15) is 9.59 Å². The highest BCUT2D eigenvalue weighted by Crippen LogP contribution is 2.34. The van der Waals surface area contributed by atoms with Crippen LogP contribution in [-0.2, 0) is 9.53 Å². The number of hydrogen-bond acceptors (Lipinski definition) is 4. The SMILES string of the molecule is COC(=O)C1=C(C)NC(=O)N[C@@H]1c1cc(-c2ccccc2)cs1. The zero-order valence-electron chi connectivity index (χ0n) is 12.8. The van der Waals surface area contributed by atoms with Crippen LogP contribution in [0.2, 0.25) is 0 Å². The monoisotopic (exact) mass is 328 g/mol. The van der Waals surface area contributed by atoms with E-state index in [1.807, 2.05) is 41.8 Å². The van der Waals surface area contributed by atoms with Crippen molar-refractivity contribution in [1.82, 2.24) is 10.6 Å². The summed E-state index contributed by atoms with van der Waals surface area (Å²) >= 11 is 1.50. The van der Waals surface area contributed by atoms with Crippen molar-refractivity contribution < 1.29 is 14.3 Å². The first kappa shape index (κ1) is 15.3. The second kappa shape index (κ2) is 6.26. The molecule has 2 aromatic rings. The highest BCUT2D eigenvalue weighted by molar-refractivity contribution is 7.10. The molecular weight excluding hydrogens is 312 g/mol. The van der Waals surface area contributed by atoms with Crippen molar-refractivity contribution in [2.75, 3.05) is 7.11 Å². The van der Waals surface area contributed by atoms with Gasteiger partial charge in [-0.2, -0.15) is 0 Å². The van der Waals surface area contributed by atoms with Crippen LogP contribution in [0.3, 0.4) is 0 Å². The molecule has 1 aromatic heterocycles. The molecule has 0 aliphatic carbocycles. The maximum absolute atomic E-state index is 12.1. The van der Waals surface area contributed by atoms with Gasteiger partial charge in [0.1, 0.15) is 0 Å². The van der Waals surface area contributed by atoms with Gasteiger partial charge in [-0.15, -0.1) is 11.3 Å². The lowest BCUT2D eigenvalue weighted by molar-refractivity contribution is -0.136. The van der Waals surface area contributed by atoms with E-state index >= 15 is 0 Å². The molecule has 3 rings (SSSR count). The summed E-state index contributed by atoms with van der Waals surface area (Å²) in [6.45, 7) is 1.70. The van der Waals surface area contributed by atoms with Crippen LogP contribution in [0.4, 0.5) is 4.79 Å². The van der Waals surface area contributed by atoms with Gasteiger partial charge in [-0.1, -0.05) is 30.3 Å². The molecule has 5 nitrogen and oxygen atoms in total. The normalized spacial score (nSPS) is 17.5. The average Bonchev–Trinajstić information content (AvgIpc) is 3.04. The molecule has 0 fully saturated rings. The summed E-state index contributed by atoms with van der Waals surface area (Å²) in [5.41, 5.74) is 3.09. The fourth-order valence-corrected chi connectivity index (χ4v) is 3.55. The van der Waals surface area contributed by atoms with Crippen LogP contribution in [-0.4, -0.2) is 19.1 Å². The lowest BCUT2D eigenvalue weighted by Gasteiger charge is -2.26. The molecule has 0 bridgehead atoms. The summed E-state index contributed by atoms with van der Waals surface area (Å²) in [6.07, 6.45) is 0. The molecule has 0 unspecified atom stereocenters. The topological polar surface area (TPSA) is 67.4 Å². The first-order valence-electron chi connectivity index (χ1n) is 7.10. The molecule has 23 heavy (non-hydrogen) atoms. The molecule has 0 saturated heterocycles. The molecule has 2 heterocycles. The molecule has 0 radical (unpaired) electrons. The number of urea groups is 1. The standard InChI is InChI=1S/C17H16N2O3S/c1-10-14(16(20)22-2)15(19-17(21)18-10)13-8-12(9-23-13)11-6-4-3-5-7-11/h3-9,15H,1-2H3,(H2,18,19,21)/t15-/m1/s1. The maximum Gasteiger partial charge on any atom is 0.338 e. The van der Waals surface area contributed by atoms with Gasteiger partial charge in [0.05, 0.1) is 18.7 Å². The third-order valence-electron chi connectivity index (χ3n) is 3.69. The Morgan fingerprint density at radius 3 is 2.65 bits per heavy atom. The summed E-state index contributed by atoms with van der Waals surface area (Å²) in [5.74, 6) is -0.449. The number of rotatable bonds is 3. The van der Waals surface area contributed by atoms with E-state index in [-0.39, 0.29) is 6.03 Å². The second-order valence-electron chi connectivity index (χ2n) is 5.17. The molecule has 0 spiro atoms. The van der Waals surface area contributed by atoms with Crippen molar-refractivity contribution in [2.24, 2.45) is 0 Å². The quantitative estimate of drug-likeness (QED) is 0.850. The van der Waals surface area contributed by atoms with Gasteiger partial charge in [-0.3, -0.25) is 0 Å². The molecule has 2 amide bonds. The Balaban J connectivity index is 1.99. The number of ether oxygens (including phenoxy) is 1. The van der Waals surface area contributed by atoms with Gasteiger partial charge < -0.3 is 15.4 Å². The Hall–Kier alpha value is -2.60. The van der Waals surface area contributed by atoms with Gasteiger partial charge in [0.15, 0.2) is 0 Å². The molecular formula is C17H16N2O3S. The number of thiophene rings is 1. The van der Waals surface area contributed by atoms with E-state index in [4.69, 9.17) is 4.74 Å². The van der Waals surface area contributed by atoms with E-state index in [1.54, 1.807) is 6.92 Å². The van der Waals surface area contributed by atoms with Crippen LogP contribution in [0.5, 0.6) is 0 Å². The Morgan fingerprint density at radius 1 is 1.22 bits per heavy atom. The maximum atomic E-state index is 12.1. The Bertz CT molecular complexity index is 780. The predicted octanol–water partition coefficient (Wildman–Crippen LogP) is 3.22. The van der Waals surface area contributed by atoms with Crippen molar-refractivity contribution in [3.63, 3.8) is 0 Å². The molecule has 1 aliphatic heterocycles. The van der Waals surface area contributed by atoms with E-state index < -0.39 is 12.0 Å². The fourth-order valence-electron chi connectivity index (χ4n) is 2.57. The van der Waals surface area contributed by atoms with Gasteiger partial charge in [0.25, 0.3) is 0 Å². The Kier molecular flexibility index (Phi) is 4.16. The number of allylic oxidation sites excluding steroid dienone is 1. The zero-order valence-corrected chi connectivity index (χ0v) is 13.6. The average molecular weight is 328 g/mol. The summed E-state index contributed by atoms with van der Waals surface area (Å²) in [5, 5.41) is 7.43. The highest BCUT2D eigenvalue weighted by atomic mass is 32.1. The number of carbonyl (C=O) groups excluding carboxylic acids is 2. The van der Waals surface area contributed by atoms with E-state index in [0.29, 0.717) is 11.3 Å². The van der Waals surface area contributed by atoms with Crippen molar-refractivity contribution in [3.8, 4) is 11.1 Å². The van der Waals surface area contributed by atoms with Crippen LogP contribution in [0, 0.1) is 0 Å². The molecule has 2 N–H and O–H groups in total. The minimum absolute atomic E-state index is 0.324. The van der Waals surface area contributed by atoms with E-state index in [2.05, 4.69) is 10.6 Å². The third-order valence-corrected chi connectivity index (χ3v) is 4.68. The Morgan fingerprint density at radius 2 is 1.96 bits per heavy atom. The Labute approximate surface area is 138 Å². The van der Waals surface area contributed by atoms with Gasteiger partial charge in [-0.05, 0) is 29.5 Å². The molecule has 0 saturated carbocycles. The zero-order chi connectivity index (χ0) is 16.4. The van der Waals surface area contributed by atoms with Gasteiger partial charge in [0, 0.05) is 10.6 Å². The van der Waals surface area contributed by atoms with E-state index in [0.717, 1.165) is 16.0 Å². The molecule has 6 heteroatoms. The lowest BCUT2D eigenvalue weighted by atomic mass is 10.00. The van der Waals surface area contributed by atoms with Gasteiger partial charge >= 0.3 is 12.0 Å². The second-order valence-corrected chi connectivity index (χ2v) is 6.11. The summed E-state index contributed by atoms with van der Waals surface area (Å²) in [6, 6.07) is 11.1. The number of amides is 2. The first-order chi connectivity index (χ1) is 11.1. The number of nitrogens with one attached hydrogen (secondary N) is 2. The number of esters is 1. The highest BCUT2D eigenvalue weighted by Gasteiger charge is 2.32. The van der Waals surface area contributed by atoms with E-state index in [1.165, 1.54) is 18.4 Å². The van der Waals surface area contributed by atoms with Crippen molar-refractivity contribution >= 4 is 23.3 Å². The minimum Gasteiger partial charge on any atom is -0.466 e. The van der Waals surface area contributed by atoms with Gasteiger partial charge in [-0.25, -0.2) is 9.59 Å². The fraction of sp³-hybridized carbons (Fsp3) is 0.176. The molecule has 1 aliphatic rings. The summed E-state index contributed by atoms with van der Waals surface area (Å²) < 4.78 is 4.86. The van der Waals surface area contributed by atoms with Gasteiger partial charge in [0.2, 0.25) is 0 Å². The largest absolute Gasteiger partial charge is 0.466 e. The smallest absolute Gasteiger partial charge is 0.338 e. The van der Waals surface area contributed by atoms with Crippen LogP contribution in [0.15, 0.2) is 53.0 Å². The molecule has 1 aromatic carbocycles. The van der Waals surface area contributed by atoms with Crippen LogP contribution in [0.25, 0.3) is 11.1 Å². The third kappa shape index (κ3) is 2.98. The number of carbonyl (C=O) groups is 2. The number of hydrogen-bond donors (Lipinski definition) is 2. The molecule has 118 valence electrons. The first-order valence-corrected chi connectivity index (χ1v) is 7.98. The van der Waals surface area contributed by atoms with Crippen molar-refractivity contribution in [3.05, 3.63) is 57.9 Å².